The van der Waals surface area contributed by atoms with E-state index in [0.717, 1.165) is 0 Å². The molecule has 0 aliphatic carbocycles. The summed E-state index contributed by atoms with van der Waals surface area (Å²) in [6.45, 7) is 8.28. The number of sulfone groups is 1. The Morgan fingerprint density at radius 1 is 1.17 bits per heavy atom. The fourth-order valence-electron chi connectivity index (χ4n) is 3.14. The molecular formula is C18H27NO3S. The van der Waals surface area contributed by atoms with Crippen LogP contribution in [0.15, 0.2) is 23.1 Å². The van der Waals surface area contributed by atoms with Gasteiger partial charge in [-0.05, 0) is 42.9 Å². The van der Waals surface area contributed by atoms with Crippen LogP contribution in [-0.2, 0) is 15.3 Å². The average Bonchev–Trinajstić information content (AvgIpc) is 2.43. The minimum absolute atomic E-state index is 0.223. The molecule has 0 amide bonds. The van der Waals surface area contributed by atoms with Gasteiger partial charge in [-0.1, -0.05) is 27.7 Å². The summed E-state index contributed by atoms with van der Waals surface area (Å²) in [6, 6.07) is 7.27. The van der Waals surface area contributed by atoms with Crippen molar-refractivity contribution in [2.75, 3.05) is 13.4 Å². The number of methoxy groups -OCH3 is 1. The van der Waals surface area contributed by atoms with Gasteiger partial charge >= 0.3 is 0 Å². The highest BCUT2D eigenvalue weighted by Gasteiger charge is 2.37. The van der Waals surface area contributed by atoms with Crippen LogP contribution >= 0.6 is 0 Å². The van der Waals surface area contributed by atoms with Gasteiger partial charge < -0.3 is 4.74 Å². The molecule has 0 saturated heterocycles. The van der Waals surface area contributed by atoms with Crippen molar-refractivity contribution in [1.82, 2.24) is 0 Å². The predicted molar refractivity (Wildman–Crippen MR) is 92.3 cm³/mol. The number of nitrogens with zero attached hydrogens (tertiary/aromatic N) is 1. The van der Waals surface area contributed by atoms with Crippen molar-refractivity contribution in [1.29, 1.82) is 5.26 Å². The van der Waals surface area contributed by atoms with E-state index in [9.17, 15) is 13.7 Å². The molecule has 1 rings (SSSR count). The summed E-state index contributed by atoms with van der Waals surface area (Å²) < 4.78 is 29.3. The van der Waals surface area contributed by atoms with Gasteiger partial charge in [0.25, 0.3) is 0 Å². The lowest BCUT2D eigenvalue weighted by Gasteiger charge is -2.32. The van der Waals surface area contributed by atoms with Crippen LogP contribution in [0.25, 0.3) is 0 Å². The standard InChI is InChI=1S/C18H27NO3S/c1-13(2)10-18(12-19,11-14(3)4)16-9-15(23(6,20)21)7-8-17(16)22-5/h7-9,13-14H,10-11H2,1-6H3. The second-order valence-corrected chi connectivity index (χ2v) is 9.04. The van der Waals surface area contributed by atoms with Crippen molar-refractivity contribution >= 4 is 9.84 Å². The summed E-state index contributed by atoms with van der Waals surface area (Å²) in [4.78, 5) is 0.223. The van der Waals surface area contributed by atoms with Gasteiger partial charge in [0.1, 0.15) is 5.75 Å². The lowest BCUT2D eigenvalue weighted by Crippen LogP contribution is -2.29. The molecule has 1 aromatic rings. The maximum atomic E-state index is 11.9. The van der Waals surface area contributed by atoms with Gasteiger partial charge in [0.05, 0.1) is 23.5 Å². The number of benzene rings is 1. The van der Waals surface area contributed by atoms with E-state index in [1.807, 2.05) is 0 Å². The zero-order valence-corrected chi connectivity index (χ0v) is 15.7. The van der Waals surface area contributed by atoms with Crippen LogP contribution in [0.2, 0.25) is 0 Å². The summed E-state index contributed by atoms with van der Waals surface area (Å²) in [7, 11) is -1.79. The molecule has 0 N–H and O–H groups in total. The number of hydrogen-bond donors (Lipinski definition) is 0. The molecule has 0 bridgehead atoms. The first-order valence-corrected chi connectivity index (χ1v) is 9.74. The number of rotatable bonds is 7. The highest BCUT2D eigenvalue weighted by molar-refractivity contribution is 7.90. The molecule has 0 radical (unpaired) electrons. The van der Waals surface area contributed by atoms with E-state index in [1.54, 1.807) is 19.2 Å². The molecule has 0 unspecified atom stereocenters. The van der Waals surface area contributed by atoms with Gasteiger partial charge in [0, 0.05) is 11.8 Å². The third-order valence-electron chi connectivity index (χ3n) is 3.84. The first kappa shape index (κ1) is 19.5. The lowest BCUT2D eigenvalue weighted by molar-refractivity contribution is 0.330. The van der Waals surface area contributed by atoms with E-state index < -0.39 is 15.3 Å². The SMILES string of the molecule is COc1ccc(S(C)(=O)=O)cc1C(C#N)(CC(C)C)CC(C)C. The zero-order valence-electron chi connectivity index (χ0n) is 14.9. The average molecular weight is 337 g/mol. The Morgan fingerprint density at radius 2 is 1.70 bits per heavy atom. The van der Waals surface area contributed by atoms with Crippen molar-refractivity contribution in [3.8, 4) is 11.8 Å². The van der Waals surface area contributed by atoms with Crippen molar-refractivity contribution < 1.29 is 13.2 Å². The molecule has 0 aromatic heterocycles. The molecule has 1 aromatic carbocycles. The summed E-state index contributed by atoms with van der Waals surface area (Å²) >= 11 is 0. The molecule has 5 heteroatoms. The quantitative estimate of drug-likeness (QED) is 0.755. The lowest BCUT2D eigenvalue weighted by atomic mass is 9.70. The van der Waals surface area contributed by atoms with Crippen LogP contribution in [-0.4, -0.2) is 21.8 Å². The normalized spacial score (nSPS) is 12.5. The minimum Gasteiger partial charge on any atom is -0.496 e. The maximum absolute atomic E-state index is 11.9. The van der Waals surface area contributed by atoms with E-state index in [1.165, 1.54) is 12.3 Å². The van der Waals surface area contributed by atoms with Crippen molar-refractivity contribution in [3.63, 3.8) is 0 Å². The van der Waals surface area contributed by atoms with Crippen LogP contribution < -0.4 is 4.74 Å². The Kier molecular flexibility index (Phi) is 6.24. The maximum Gasteiger partial charge on any atom is 0.175 e. The van der Waals surface area contributed by atoms with Gasteiger partial charge in [0.2, 0.25) is 0 Å². The van der Waals surface area contributed by atoms with E-state index >= 15 is 0 Å². The van der Waals surface area contributed by atoms with E-state index in [4.69, 9.17) is 4.74 Å². The van der Waals surface area contributed by atoms with E-state index in [2.05, 4.69) is 33.8 Å². The first-order chi connectivity index (χ1) is 10.6. The largest absolute Gasteiger partial charge is 0.496 e. The highest BCUT2D eigenvalue weighted by Crippen LogP contribution is 2.42. The smallest absolute Gasteiger partial charge is 0.175 e. The fourth-order valence-corrected chi connectivity index (χ4v) is 3.79. The third-order valence-corrected chi connectivity index (χ3v) is 4.95. The molecule has 0 heterocycles. The van der Waals surface area contributed by atoms with Crippen LogP contribution in [0.3, 0.4) is 0 Å². The van der Waals surface area contributed by atoms with E-state index in [-0.39, 0.29) is 4.90 Å². The molecule has 4 nitrogen and oxygen atoms in total. The Balaban J connectivity index is 3.65. The van der Waals surface area contributed by atoms with Crippen molar-refractivity contribution in [2.24, 2.45) is 11.8 Å². The molecule has 0 fully saturated rings. The number of ether oxygens (including phenoxy) is 1. The molecule has 0 aliphatic rings. The van der Waals surface area contributed by atoms with Crippen molar-refractivity contribution in [2.45, 2.75) is 50.8 Å². The fraction of sp³-hybridized carbons (Fsp3) is 0.611. The molecule has 0 aliphatic heterocycles. The zero-order chi connectivity index (χ0) is 17.8. The summed E-state index contributed by atoms with van der Waals surface area (Å²) in [5, 5.41) is 9.99. The Morgan fingerprint density at radius 3 is 2.04 bits per heavy atom. The van der Waals surface area contributed by atoms with Gasteiger partial charge in [-0.2, -0.15) is 5.26 Å². The molecule has 23 heavy (non-hydrogen) atoms. The summed E-state index contributed by atoms with van der Waals surface area (Å²) in [5.74, 6) is 1.18. The second-order valence-electron chi connectivity index (χ2n) is 7.02. The number of nitriles is 1. The molecule has 0 atom stereocenters. The summed E-state index contributed by atoms with van der Waals surface area (Å²) in [5.41, 5.74) is -0.0817. The molecule has 0 spiro atoms. The van der Waals surface area contributed by atoms with Gasteiger partial charge in [-0.15, -0.1) is 0 Å². The topological polar surface area (TPSA) is 67.2 Å². The first-order valence-electron chi connectivity index (χ1n) is 7.85. The Labute approximate surface area is 140 Å². The minimum atomic E-state index is -3.34. The van der Waals surface area contributed by atoms with Gasteiger partial charge in [-0.25, -0.2) is 8.42 Å². The Bertz CT molecular complexity index is 675. The van der Waals surface area contributed by atoms with Crippen LogP contribution in [0.4, 0.5) is 0 Å². The monoisotopic (exact) mass is 337 g/mol. The van der Waals surface area contributed by atoms with Crippen LogP contribution in [0, 0.1) is 23.2 Å². The van der Waals surface area contributed by atoms with Gasteiger partial charge in [0.15, 0.2) is 9.84 Å². The molecule has 0 saturated carbocycles. The second kappa shape index (κ2) is 7.35. The molecule has 128 valence electrons. The Hall–Kier alpha value is -1.54. The number of hydrogen-bond acceptors (Lipinski definition) is 4. The summed E-state index contributed by atoms with van der Waals surface area (Å²) in [6.07, 6.45) is 2.49. The van der Waals surface area contributed by atoms with Gasteiger partial charge in [-0.3, -0.25) is 0 Å². The van der Waals surface area contributed by atoms with Crippen LogP contribution in [0.1, 0.15) is 46.1 Å². The van der Waals surface area contributed by atoms with Crippen LogP contribution in [0.5, 0.6) is 5.75 Å². The van der Waals surface area contributed by atoms with Crippen molar-refractivity contribution in [3.05, 3.63) is 23.8 Å². The van der Waals surface area contributed by atoms with E-state index in [0.29, 0.717) is 36.0 Å². The molecular weight excluding hydrogens is 310 g/mol. The predicted octanol–water partition coefficient (Wildman–Crippen LogP) is 3.95. The highest BCUT2D eigenvalue weighted by atomic mass is 32.2. The third kappa shape index (κ3) is 4.71.